The first-order valence-electron chi connectivity index (χ1n) is 6.21. The molecule has 0 aromatic heterocycles. The molecule has 1 saturated heterocycles. The molecule has 2 rings (SSSR count). The van der Waals surface area contributed by atoms with Gasteiger partial charge >= 0.3 is 6.18 Å². The van der Waals surface area contributed by atoms with Crippen molar-refractivity contribution in [1.82, 2.24) is 5.32 Å². The molecule has 1 aromatic rings. The van der Waals surface area contributed by atoms with Crippen LogP contribution in [0.15, 0.2) is 34.5 Å². The lowest BCUT2D eigenvalue weighted by Gasteiger charge is -2.06. The van der Waals surface area contributed by atoms with Gasteiger partial charge in [0.25, 0.3) is 0 Å². The summed E-state index contributed by atoms with van der Waals surface area (Å²) in [5.41, 5.74) is -0.628. The summed E-state index contributed by atoms with van der Waals surface area (Å²) in [6.07, 6.45) is -3.82. The van der Waals surface area contributed by atoms with E-state index in [0.29, 0.717) is 0 Å². The van der Waals surface area contributed by atoms with Crippen molar-refractivity contribution in [2.75, 3.05) is 0 Å². The number of carboxylic acid groups (broad SMARTS) is 1. The van der Waals surface area contributed by atoms with Gasteiger partial charge in [-0.2, -0.15) is 18.3 Å². The lowest BCUT2D eigenvalue weighted by atomic mass is 10.1. The van der Waals surface area contributed by atoms with Crippen LogP contribution in [-0.2, 0) is 15.8 Å². The van der Waals surface area contributed by atoms with Gasteiger partial charge in [-0.05, 0) is 17.7 Å². The van der Waals surface area contributed by atoms with Gasteiger partial charge in [0.2, 0.25) is 5.91 Å². The van der Waals surface area contributed by atoms with Gasteiger partial charge in [0, 0.05) is 12.4 Å². The monoisotopic (exact) mass is 344 g/mol. The highest BCUT2D eigenvalue weighted by Gasteiger charge is 2.31. The standard InChI is InChI=1S/C13H10F3N3O3S/c14-13(15,16)8-3-1-2-7(4-8)6-17-19-12-18-11(22)9(23-12)5-10(20)21/h1-4,6,9H,5H2,(H,20,21)(H,18,19,22)/p-1/b17-6-/t9-/m1/s1. The maximum atomic E-state index is 12.6. The zero-order chi connectivity index (χ0) is 17.0. The van der Waals surface area contributed by atoms with Crippen molar-refractivity contribution in [2.45, 2.75) is 17.8 Å². The van der Waals surface area contributed by atoms with Crippen molar-refractivity contribution >= 4 is 35.0 Å². The molecule has 1 aliphatic rings. The van der Waals surface area contributed by atoms with E-state index in [4.69, 9.17) is 0 Å². The molecule has 0 unspecified atom stereocenters. The average molecular weight is 344 g/mol. The van der Waals surface area contributed by atoms with Crippen LogP contribution in [0.2, 0.25) is 0 Å². The second-order valence-electron chi connectivity index (χ2n) is 4.44. The molecule has 0 radical (unpaired) electrons. The number of nitrogens with one attached hydrogen (secondary N) is 1. The SMILES string of the molecule is O=C([O-])C[C@H]1S/C(=N/N=C\c2cccc(C(F)(F)F)c2)NC1=O. The summed E-state index contributed by atoms with van der Waals surface area (Å²) in [5.74, 6) is -1.90. The van der Waals surface area contributed by atoms with Gasteiger partial charge in [0.1, 0.15) is 0 Å². The molecule has 0 bridgehead atoms. The number of carbonyl (C=O) groups is 2. The van der Waals surface area contributed by atoms with Crippen molar-refractivity contribution in [3.8, 4) is 0 Å². The van der Waals surface area contributed by atoms with Crippen LogP contribution >= 0.6 is 11.8 Å². The van der Waals surface area contributed by atoms with Crippen molar-refractivity contribution in [2.24, 2.45) is 10.2 Å². The van der Waals surface area contributed by atoms with Crippen LogP contribution in [0.4, 0.5) is 13.2 Å². The van der Waals surface area contributed by atoms with Crippen molar-refractivity contribution in [3.63, 3.8) is 0 Å². The predicted octanol–water partition coefficient (Wildman–Crippen LogP) is 0.767. The fraction of sp³-hybridized carbons (Fsp3) is 0.231. The van der Waals surface area contributed by atoms with E-state index < -0.39 is 35.3 Å². The maximum Gasteiger partial charge on any atom is 0.416 e. The van der Waals surface area contributed by atoms with E-state index in [9.17, 15) is 27.9 Å². The molecular weight excluding hydrogens is 335 g/mol. The first-order chi connectivity index (χ1) is 10.8. The molecular formula is C13H9F3N3O3S-. The molecule has 23 heavy (non-hydrogen) atoms. The molecule has 1 amide bonds. The third-order valence-electron chi connectivity index (χ3n) is 2.70. The Balaban J connectivity index is 2.04. The lowest BCUT2D eigenvalue weighted by molar-refractivity contribution is -0.305. The quantitative estimate of drug-likeness (QED) is 0.645. The summed E-state index contributed by atoms with van der Waals surface area (Å²) in [6.45, 7) is 0. The topological polar surface area (TPSA) is 93.9 Å². The van der Waals surface area contributed by atoms with Crippen molar-refractivity contribution < 1.29 is 27.9 Å². The number of thioether (sulfide) groups is 1. The highest BCUT2D eigenvalue weighted by Crippen LogP contribution is 2.29. The largest absolute Gasteiger partial charge is 0.550 e. The number of benzene rings is 1. The number of carboxylic acids is 1. The summed E-state index contributed by atoms with van der Waals surface area (Å²) in [7, 11) is 0. The van der Waals surface area contributed by atoms with E-state index >= 15 is 0 Å². The number of alkyl halides is 3. The lowest BCUT2D eigenvalue weighted by Crippen LogP contribution is -2.31. The fourth-order valence-electron chi connectivity index (χ4n) is 1.68. The van der Waals surface area contributed by atoms with E-state index in [-0.39, 0.29) is 10.7 Å². The molecule has 122 valence electrons. The second kappa shape index (κ2) is 6.82. The molecule has 1 aliphatic heterocycles. The first kappa shape index (κ1) is 17.0. The number of nitrogens with zero attached hydrogens (tertiary/aromatic N) is 2. The van der Waals surface area contributed by atoms with Crippen LogP contribution in [-0.4, -0.2) is 28.5 Å². The van der Waals surface area contributed by atoms with Crippen LogP contribution in [0, 0.1) is 0 Å². The molecule has 1 atom stereocenters. The van der Waals surface area contributed by atoms with E-state index in [1.54, 1.807) is 0 Å². The number of amidine groups is 1. The fourth-order valence-corrected chi connectivity index (χ4v) is 2.59. The van der Waals surface area contributed by atoms with E-state index in [1.165, 1.54) is 12.1 Å². The van der Waals surface area contributed by atoms with Gasteiger partial charge in [-0.15, -0.1) is 5.10 Å². The second-order valence-corrected chi connectivity index (χ2v) is 5.64. The summed E-state index contributed by atoms with van der Waals surface area (Å²) in [6, 6.07) is 4.49. The van der Waals surface area contributed by atoms with Crippen LogP contribution in [0.25, 0.3) is 0 Å². The van der Waals surface area contributed by atoms with Crippen molar-refractivity contribution in [3.05, 3.63) is 35.4 Å². The highest BCUT2D eigenvalue weighted by molar-refractivity contribution is 8.15. The Kier molecular flexibility index (Phi) is 5.04. The highest BCUT2D eigenvalue weighted by atomic mass is 32.2. The zero-order valence-electron chi connectivity index (χ0n) is 11.3. The van der Waals surface area contributed by atoms with Crippen LogP contribution in [0.1, 0.15) is 17.5 Å². The van der Waals surface area contributed by atoms with E-state index in [1.807, 2.05) is 0 Å². The Morgan fingerprint density at radius 1 is 1.43 bits per heavy atom. The van der Waals surface area contributed by atoms with E-state index in [2.05, 4.69) is 15.5 Å². The van der Waals surface area contributed by atoms with Gasteiger partial charge in [-0.3, -0.25) is 4.79 Å². The zero-order valence-corrected chi connectivity index (χ0v) is 12.1. The minimum absolute atomic E-state index is 0.0736. The van der Waals surface area contributed by atoms with E-state index in [0.717, 1.165) is 30.1 Å². The minimum Gasteiger partial charge on any atom is -0.550 e. The Bertz CT molecular complexity index is 689. The van der Waals surface area contributed by atoms with Crippen LogP contribution < -0.4 is 10.4 Å². The maximum absolute atomic E-state index is 12.6. The predicted molar refractivity (Wildman–Crippen MR) is 75.6 cm³/mol. The summed E-state index contributed by atoms with van der Waals surface area (Å²) in [5, 5.41) is 19.2. The van der Waals surface area contributed by atoms with Crippen LogP contribution in [0.3, 0.4) is 0 Å². The first-order valence-corrected chi connectivity index (χ1v) is 7.09. The molecule has 10 heteroatoms. The third-order valence-corrected chi connectivity index (χ3v) is 3.77. The van der Waals surface area contributed by atoms with Crippen molar-refractivity contribution in [1.29, 1.82) is 0 Å². The molecule has 0 saturated carbocycles. The van der Waals surface area contributed by atoms with Gasteiger partial charge in [-0.1, -0.05) is 23.9 Å². The van der Waals surface area contributed by atoms with Gasteiger partial charge in [-0.25, -0.2) is 0 Å². The molecule has 1 N–H and O–H groups in total. The Labute approximate surface area is 132 Å². The average Bonchev–Trinajstić information content (AvgIpc) is 2.78. The van der Waals surface area contributed by atoms with Gasteiger partial charge in [0.05, 0.1) is 17.0 Å². The van der Waals surface area contributed by atoms with Crippen LogP contribution in [0.5, 0.6) is 0 Å². The number of carbonyl (C=O) groups excluding carboxylic acids is 2. The smallest absolute Gasteiger partial charge is 0.416 e. The van der Waals surface area contributed by atoms with Gasteiger partial charge < -0.3 is 15.2 Å². The number of halogens is 3. The normalized spacial score (nSPS) is 20.2. The Hall–Kier alpha value is -2.36. The Morgan fingerprint density at radius 3 is 2.83 bits per heavy atom. The number of rotatable bonds is 4. The number of aliphatic carboxylic acids is 1. The molecule has 0 spiro atoms. The third kappa shape index (κ3) is 4.81. The molecule has 1 heterocycles. The summed E-state index contributed by atoms with van der Waals surface area (Å²) in [4.78, 5) is 21.9. The Morgan fingerprint density at radius 2 is 2.17 bits per heavy atom. The summed E-state index contributed by atoms with van der Waals surface area (Å²) < 4.78 is 37.7. The number of hydrogen-bond acceptors (Lipinski definition) is 6. The van der Waals surface area contributed by atoms with Gasteiger partial charge in [0.15, 0.2) is 5.17 Å². The number of hydrogen-bond donors (Lipinski definition) is 1. The molecule has 1 aromatic carbocycles. The molecule has 1 fully saturated rings. The minimum atomic E-state index is -4.46. The molecule has 6 nitrogen and oxygen atoms in total. The number of amides is 1. The molecule has 0 aliphatic carbocycles. The summed E-state index contributed by atoms with van der Waals surface area (Å²) >= 11 is 0.864.